The Bertz CT molecular complexity index is 1070. The number of aldehydes is 1. The molecule has 0 bridgehead atoms. The van der Waals surface area contributed by atoms with Gasteiger partial charge in [-0.2, -0.15) is 0 Å². The summed E-state index contributed by atoms with van der Waals surface area (Å²) in [4.78, 5) is 27.2. The number of fused-ring (bicyclic) bond motifs is 1. The average molecular weight is 417 g/mol. The number of benzene rings is 1. The molecule has 4 aromatic rings. The number of carboxylic acid groups (broad SMARTS) is 1. The van der Waals surface area contributed by atoms with E-state index in [1.165, 1.54) is 22.7 Å². The summed E-state index contributed by atoms with van der Waals surface area (Å²) in [7, 11) is 0. The maximum Gasteiger partial charge on any atom is 0.339 e. The summed E-state index contributed by atoms with van der Waals surface area (Å²) in [6.07, 6.45) is 2.58. The molecule has 0 amide bonds. The first-order chi connectivity index (χ1) is 13.0. The third-order valence-electron chi connectivity index (χ3n) is 3.62. The Hall–Kier alpha value is -2.74. The van der Waals surface area contributed by atoms with E-state index in [4.69, 9.17) is 22.4 Å². The summed E-state index contributed by atoms with van der Waals surface area (Å²) in [5.74, 6) is -1.01. The second-order valence-electron chi connectivity index (χ2n) is 5.37. The van der Waals surface area contributed by atoms with Crippen LogP contribution in [0.25, 0.3) is 21.3 Å². The molecule has 3 N–H and O–H groups in total. The number of pyridine rings is 1. The lowest BCUT2D eigenvalue weighted by atomic mass is 10.0. The molecule has 3 heterocycles. The van der Waals surface area contributed by atoms with Crippen LogP contribution in [-0.2, 0) is 0 Å². The number of carbonyl (C=O) groups is 2. The molecule has 0 saturated carbocycles. The Kier molecular flexibility index (Phi) is 5.85. The first-order valence-electron chi connectivity index (χ1n) is 7.65. The number of nitrogens with zero attached hydrogens (tertiary/aromatic N) is 1. The number of carbonyl (C=O) groups excluding carboxylic acids is 1. The molecule has 8 heteroatoms. The fraction of sp³-hybridized carbons (Fsp3) is 0. The van der Waals surface area contributed by atoms with Gasteiger partial charge >= 0.3 is 5.97 Å². The first kappa shape index (κ1) is 19.0. The Labute approximate surface area is 167 Å². The van der Waals surface area contributed by atoms with Crippen LogP contribution in [0.15, 0.2) is 54.0 Å². The predicted molar refractivity (Wildman–Crippen MR) is 111 cm³/mol. The Morgan fingerprint density at radius 1 is 1.22 bits per heavy atom. The highest BCUT2D eigenvalue weighted by Gasteiger charge is 2.17. The van der Waals surface area contributed by atoms with Crippen molar-refractivity contribution in [2.24, 2.45) is 0 Å². The fourth-order valence-electron chi connectivity index (χ4n) is 2.39. The minimum Gasteiger partial charge on any atom is -0.478 e. The van der Waals surface area contributed by atoms with Crippen molar-refractivity contribution in [1.29, 1.82) is 0 Å². The molecule has 0 saturated heterocycles. The topological polar surface area (TPSA) is 93.3 Å². The highest BCUT2D eigenvalue weighted by Crippen LogP contribution is 2.33. The summed E-state index contributed by atoms with van der Waals surface area (Å²) >= 11 is 8.41. The van der Waals surface area contributed by atoms with Crippen molar-refractivity contribution in [1.82, 2.24) is 4.98 Å². The van der Waals surface area contributed by atoms with Crippen LogP contribution in [0.1, 0.15) is 20.0 Å². The van der Waals surface area contributed by atoms with Gasteiger partial charge in [0, 0.05) is 27.5 Å². The number of carboxylic acids is 1. The molecule has 4 rings (SSSR count). The van der Waals surface area contributed by atoms with E-state index in [2.05, 4.69) is 4.98 Å². The van der Waals surface area contributed by atoms with Crippen LogP contribution in [0.2, 0.25) is 5.02 Å². The van der Waals surface area contributed by atoms with Gasteiger partial charge in [0.05, 0.1) is 4.88 Å². The van der Waals surface area contributed by atoms with Crippen molar-refractivity contribution >= 4 is 61.7 Å². The molecule has 27 heavy (non-hydrogen) atoms. The van der Waals surface area contributed by atoms with Gasteiger partial charge in [0.25, 0.3) is 0 Å². The zero-order valence-electron chi connectivity index (χ0n) is 13.8. The Balaban J connectivity index is 0.000000166. The van der Waals surface area contributed by atoms with E-state index in [1.807, 2.05) is 18.2 Å². The lowest BCUT2D eigenvalue weighted by molar-refractivity contribution is 0.0699. The maximum atomic E-state index is 11.0. The number of aromatic carboxylic acids is 1. The number of nitrogen functional groups attached to an aromatic ring is 1. The molecule has 0 spiro atoms. The average Bonchev–Trinajstić information content (AvgIpc) is 3.26. The normalized spacial score (nSPS) is 10.3. The zero-order valence-corrected chi connectivity index (χ0v) is 16.1. The van der Waals surface area contributed by atoms with Crippen LogP contribution in [0.5, 0.6) is 0 Å². The first-order valence-corrected chi connectivity index (χ1v) is 9.73. The van der Waals surface area contributed by atoms with Crippen LogP contribution in [0.4, 0.5) is 5.00 Å². The number of nitrogens with two attached hydrogens (primary N) is 1. The van der Waals surface area contributed by atoms with E-state index in [1.54, 1.807) is 35.8 Å². The highest BCUT2D eigenvalue weighted by atomic mass is 35.5. The van der Waals surface area contributed by atoms with E-state index >= 15 is 0 Å². The van der Waals surface area contributed by atoms with Gasteiger partial charge in [0.15, 0.2) is 6.29 Å². The van der Waals surface area contributed by atoms with E-state index < -0.39 is 5.97 Å². The quantitative estimate of drug-likeness (QED) is 0.432. The van der Waals surface area contributed by atoms with Gasteiger partial charge in [0.2, 0.25) is 0 Å². The predicted octanol–water partition coefficient (Wildman–Crippen LogP) is 5.46. The standard InChI is InChI=1S/C11H8ClNO2S.C8H5NOS/c12-7-3-1-6(2-4-7)8-5-16-10(13)9(8)11(14)15;10-5-7-4-6-2-1-3-9-8(6)11-7/h1-5H,13H2,(H,14,15);1-5H. The van der Waals surface area contributed by atoms with Gasteiger partial charge in [-0.3, -0.25) is 4.79 Å². The number of hydrogen-bond acceptors (Lipinski definition) is 6. The van der Waals surface area contributed by atoms with E-state index in [-0.39, 0.29) is 5.56 Å². The minimum atomic E-state index is -1.01. The number of hydrogen-bond donors (Lipinski definition) is 2. The molecule has 0 radical (unpaired) electrons. The largest absolute Gasteiger partial charge is 0.478 e. The third-order valence-corrected chi connectivity index (χ3v) is 5.67. The smallest absolute Gasteiger partial charge is 0.339 e. The van der Waals surface area contributed by atoms with E-state index in [0.29, 0.717) is 15.6 Å². The summed E-state index contributed by atoms with van der Waals surface area (Å²) in [5, 5.41) is 12.8. The zero-order chi connectivity index (χ0) is 19.4. The van der Waals surface area contributed by atoms with Crippen molar-refractivity contribution in [3.63, 3.8) is 0 Å². The van der Waals surface area contributed by atoms with E-state index in [9.17, 15) is 9.59 Å². The second kappa shape index (κ2) is 8.30. The molecule has 3 aromatic heterocycles. The number of aromatic nitrogens is 1. The van der Waals surface area contributed by atoms with Gasteiger partial charge in [-0.1, -0.05) is 29.8 Å². The molecule has 0 unspecified atom stereocenters. The van der Waals surface area contributed by atoms with Gasteiger partial charge in [-0.15, -0.1) is 22.7 Å². The molecule has 0 aliphatic heterocycles. The summed E-state index contributed by atoms with van der Waals surface area (Å²) in [6, 6.07) is 12.6. The lowest BCUT2D eigenvalue weighted by Gasteiger charge is -2.01. The van der Waals surface area contributed by atoms with Gasteiger partial charge in [0.1, 0.15) is 15.4 Å². The number of rotatable bonds is 3. The molecular formula is C19H13ClN2O3S2. The Morgan fingerprint density at radius 3 is 2.59 bits per heavy atom. The molecule has 0 fully saturated rings. The van der Waals surface area contributed by atoms with Crippen LogP contribution in [0, 0.1) is 0 Å². The number of anilines is 1. The van der Waals surface area contributed by atoms with Gasteiger partial charge in [-0.05, 0) is 29.8 Å². The number of thiophene rings is 2. The maximum absolute atomic E-state index is 11.0. The van der Waals surface area contributed by atoms with Crippen molar-refractivity contribution in [2.45, 2.75) is 0 Å². The van der Waals surface area contributed by atoms with E-state index in [0.717, 1.165) is 26.9 Å². The van der Waals surface area contributed by atoms with Crippen LogP contribution in [-0.4, -0.2) is 22.3 Å². The SMILES string of the molecule is Nc1scc(-c2ccc(Cl)cc2)c1C(=O)O.O=Cc1cc2cccnc2s1. The van der Waals surface area contributed by atoms with Crippen molar-refractivity contribution in [2.75, 3.05) is 5.73 Å². The third kappa shape index (κ3) is 4.33. The summed E-state index contributed by atoms with van der Waals surface area (Å²) in [5.41, 5.74) is 7.21. The number of halogens is 1. The van der Waals surface area contributed by atoms with Crippen LogP contribution in [0.3, 0.4) is 0 Å². The minimum absolute atomic E-state index is 0.160. The molecule has 0 atom stereocenters. The second-order valence-corrected chi connectivity index (χ2v) is 7.77. The van der Waals surface area contributed by atoms with Crippen molar-refractivity contribution < 1.29 is 14.7 Å². The monoisotopic (exact) mass is 416 g/mol. The van der Waals surface area contributed by atoms with Crippen molar-refractivity contribution in [3.8, 4) is 11.1 Å². The van der Waals surface area contributed by atoms with Crippen LogP contribution >= 0.6 is 34.3 Å². The molecule has 1 aromatic carbocycles. The van der Waals surface area contributed by atoms with Gasteiger partial charge in [-0.25, -0.2) is 9.78 Å². The Morgan fingerprint density at radius 2 is 1.96 bits per heavy atom. The lowest BCUT2D eigenvalue weighted by Crippen LogP contribution is -2.00. The summed E-state index contributed by atoms with van der Waals surface area (Å²) < 4.78 is 0. The molecule has 5 nitrogen and oxygen atoms in total. The fourth-order valence-corrected chi connectivity index (χ4v) is 4.14. The van der Waals surface area contributed by atoms with Crippen LogP contribution < -0.4 is 5.73 Å². The molecular weight excluding hydrogens is 404 g/mol. The molecule has 0 aliphatic carbocycles. The van der Waals surface area contributed by atoms with Crippen molar-refractivity contribution in [3.05, 3.63) is 69.5 Å². The molecule has 136 valence electrons. The van der Waals surface area contributed by atoms with Gasteiger partial charge < -0.3 is 10.8 Å². The summed E-state index contributed by atoms with van der Waals surface area (Å²) in [6.45, 7) is 0. The molecule has 0 aliphatic rings. The highest BCUT2D eigenvalue weighted by molar-refractivity contribution is 7.20.